The molecule has 0 spiro atoms. The van der Waals surface area contributed by atoms with Gasteiger partial charge in [-0.05, 0) is 24.2 Å². The van der Waals surface area contributed by atoms with Crippen LogP contribution in [0.25, 0.3) is 28.2 Å². The predicted octanol–water partition coefficient (Wildman–Crippen LogP) is 3.83. The third-order valence-electron chi connectivity index (χ3n) is 5.40. The molecule has 0 aliphatic carbocycles. The van der Waals surface area contributed by atoms with Crippen LogP contribution in [-0.2, 0) is 7.05 Å². The molecule has 130 valence electrons. The van der Waals surface area contributed by atoms with Crippen molar-refractivity contribution >= 4 is 35.4 Å². The van der Waals surface area contributed by atoms with E-state index >= 15 is 0 Å². The van der Waals surface area contributed by atoms with Crippen molar-refractivity contribution in [1.29, 1.82) is 0 Å². The van der Waals surface area contributed by atoms with E-state index < -0.39 is 0 Å². The Balaban J connectivity index is 1.60. The first kappa shape index (κ1) is 15.9. The number of aryl methyl sites for hydroxylation is 1. The lowest BCUT2D eigenvalue weighted by atomic mass is 9.55. The van der Waals surface area contributed by atoms with Crippen molar-refractivity contribution in [2.24, 2.45) is 7.05 Å². The van der Waals surface area contributed by atoms with E-state index in [2.05, 4.69) is 90.3 Å². The zero-order valence-corrected chi connectivity index (χ0v) is 15.5. The molecule has 0 N–H and O–H groups in total. The molecule has 27 heavy (non-hydrogen) atoms. The molecule has 0 saturated carbocycles. The Morgan fingerprint density at radius 3 is 2.56 bits per heavy atom. The van der Waals surface area contributed by atoms with Crippen LogP contribution in [0.1, 0.15) is 5.56 Å². The number of hydrogen-bond acceptors (Lipinski definition) is 2. The first-order valence-electron chi connectivity index (χ1n) is 9.20. The second kappa shape index (κ2) is 6.17. The van der Waals surface area contributed by atoms with Gasteiger partial charge < -0.3 is 9.23 Å². The molecule has 4 aromatic rings. The minimum atomic E-state index is 0.117. The van der Waals surface area contributed by atoms with Crippen molar-refractivity contribution < 1.29 is 8.98 Å². The maximum absolute atomic E-state index is 6.17. The first-order valence-corrected chi connectivity index (χ1v) is 9.20. The molecule has 0 unspecified atom stereocenters. The van der Waals surface area contributed by atoms with Crippen molar-refractivity contribution in [2.75, 3.05) is 11.9 Å². The standard InChI is InChI=1S/C23H20BN2O/c1-25-15-13-18(17-8-4-3-5-9-17)16-22(25)24-14-12-20-19-10-6-7-11-21(19)27-23(20)26(24)2/h3-16H,1-2H3/q+1. The summed E-state index contributed by atoms with van der Waals surface area (Å²) in [7, 11) is 4.20. The zero-order chi connectivity index (χ0) is 18.4. The highest BCUT2D eigenvalue weighted by Gasteiger charge is 2.35. The topological polar surface area (TPSA) is 20.3 Å². The van der Waals surface area contributed by atoms with E-state index in [4.69, 9.17) is 4.42 Å². The fourth-order valence-corrected chi connectivity index (χ4v) is 3.91. The van der Waals surface area contributed by atoms with Gasteiger partial charge in [0.2, 0.25) is 0 Å². The quantitative estimate of drug-likeness (QED) is 0.404. The highest BCUT2D eigenvalue weighted by molar-refractivity contribution is 6.80. The van der Waals surface area contributed by atoms with Gasteiger partial charge in [0.15, 0.2) is 17.7 Å². The second-order valence-corrected chi connectivity index (χ2v) is 7.05. The summed E-state index contributed by atoms with van der Waals surface area (Å²) in [5, 5.41) is 1.16. The number of fused-ring (bicyclic) bond motifs is 3. The van der Waals surface area contributed by atoms with Crippen LogP contribution in [0.2, 0.25) is 0 Å². The monoisotopic (exact) mass is 351 g/mol. The number of benzene rings is 2. The van der Waals surface area contributed by atoms with Crippen LogP contribution in [0.15, 0.2) is 83.3 Å². The van der Waals surface area contributed by atoms with E-state index in [1.165, 1.54) is 16.7 Å². The molecule has 0 bridgehead atoms. The molecule has 1 aliphatic heterocycles. The Labute approximate surface area is 159 Å². The largest absolute Gasteiger partial charge is 0.441 e. The smallest absolute Gasteiger partial charge is 0.398 e. The number of hydrogen-bond donors (Lipinski definition) is 0. The van der Waals surface area contributed by atoms with Crippen molar-refractivity contribution in [2.45, 2.75) is 0 Å². The Morgan fingerprint density at radius 2 is 1.70 bits per heavy atom. The lowest BCUT2D eigenvalue weighted by Crippen LogP contribution is -2.60. The summed E-state index contributed by atoms with van der Waals surface area (Å²) in [5.41, 5.74) is 5.77. The third-order valence-corrected chi connectivity index (χ3v) is 5.40. The van der Waals surface area contributed by atoms with Gasteiger partial charge in [-0.2, -0.15) is 0 Å². The van der Waals surface area contributed by atoms with Crippen molar-refractivity contribution in [3.05, 3.63) is 84.5 Å². The molecule has 0 fully saturated rings. The molecule has 0 amide bonds. The Hall–Kier alpha value is -3.27. The van der Waals surface area contributed by atoms with E-state index in [1.807, 2.05) is 18.2 Å². The van der Waals surface area contributed by atoms with Crippen molar-refractivity contribution in [3.8, 4) is 11.1 Å². The van der Waals surface area contributed by atoms with Gasteiger partial charge in [0.05, 0.1) is 0 Å². The van der Waals surface area contributed by atoms with Crippen LogP contribution in [-0.4, -0.2) is 13.9 Å². The van der Waals surface area contributed by atoms with Gasteiger partial charge in [0.1, 0.15) is 12.6 Å². The number of nitrogens with zero attached hydrogens (tertiary/aromatic N) is 2. The summed E-state index contributed by atoms with van der Waals surface area (Å²) in [6.45, 7) is 0.117. The number of pyridine rings is 1. The molecule has 5 rings (SSSR count). The van der Waals surface area contributed by atoms with Gasteiger partial charge in [-0.25, -0.2) is 4.57 Å². The molecule has 0 saturated heterocycles. The van der Waals surface area contributed by atoms with E-state index in [0.717, 1.165) is 22.4 Å². The van der Waals surface area contributed by atoms with E-state index in [9.17, 15) is 0 Å². The Morgan fingerprint density at radius 1 is 0.926 bits per heavy atom. The summed E-state index contributed by atoms with van der Waals surface area (Å²) in [6, 6.07) is 23.2. The number of furan rings is 1. The number of rotatable bonds is 2. The maximum Gasteiger partial charge on any atom is 0.398 e. The fraction of sp³-hybridized carbons (Fsp3) is 0.0870. The summed E-state index contributed by atoms with van der Waals surface area (Å²) in [5.74, 6) is 3.18. The van der Waals surface area contributed by atoms with E-state index in [0.29, 0.717) is 0 Å². The SMILES string of the molecule is CN1B(c2cc(-c3ccccc3)cc[n+]2C)C=Cc2c1oc1ccccc21. The average Bonchev–Trinajstić information content (AvgIpc) is 3.09. The third kappa shape index (κ3) is 2.56. The van der Waals surface area contributed by atoms with Gasteiger partial charge >= 0.3 is 6.85 Å². The van der Waals surface area contributed by atoms with Gasteiger partial charge in [0.25, 0.3) is 0 Å². The maximum atomic E-state index is 6.17. The average molecular weight is 351 g/mol. The molecule has 4 heteroatoms. The van der Waals surface area contributed by atoms with Crippen molar-refractivity contribution in [1.82, 2.24) is 0 Å². The van der Waals surface area contributed by atoms with Gasteiger partial charge in [-0.3, -0.25) is 0 Å². The normalized spacial score (nSPS) is 13.3. The van der Waals surface area contributed by atoms with E-state index in [-0.39, 0.29) is 6.85 Å². The van der Waals surface area contributed by atoms with Gasteiger partial charge in [0, 0.05) is 23.1 Å². The molecular formula is C23H20BN2O+. The molecular weight excluding hydrogens is 331 g/mol. The van der Waals surface area contributed by atoms with Crippen LogP contribution < -0.4 is 15.0 Å². The molecule has 3 nitrogen and oxygen atoms in total. The van der Waals surface area contributed by atoms with Crippen LogP contribution in [0.3, 0.4) is 0 Å². The van der Waals surface area contributed by atoms with Crippen molar-refractivity contribution in [3.63, 3.8) is 0 Å². The first-order chi connectivity index (χ1) is 13.2. The number of aromatic nitrogens is 1. The summed E-state index contributed by atoms with van der Waals surface area (Å²) in [4.78, 5) is 2.22. The van der Waals surface area contributed by atoms with Crippen LogP contribution in [0.5, 0.6) is 0 Å². The molecule has 1 aliphatic rings. The molecule has 3 heterocycles. The second-order valence-electron chi connectivity index (χ2n) is 7.05. The number of anilines is 1. The Bertz CT molecular complexity index is 1160. The highest BCUT2D eigenvalue weighted by atomic mass is 16.4. The molecule has 2 aromatic carbocycles. The lowest BCUT2D eigenvalue weighted by Gasteiger charge is -2.24. The minimum Gasteiger partial charge on any atom is -0.441 e. The summed E-state index contributed by atoms with van der Waals surface area (Å²) < 4.78 is 8.36. The minimum absolute atomic E-state index is 0.117. The zero-order valence-electron chi connectivity index (χ0n) is 15.5. The van der Waals surface area contributed by atoms with Crippen LogP contribution >= 0.6 is 0 Å². The predicted molar refractivity (Wildman–Crippen MR) is 112 cm³/mol. The van der Waals surface area contributed by atoms with Gasteiger partial charge in [-0.15, -0.1) is 0 Å². The Kier molecular flexibility index (Phi) is 3.64. The molecule has 2 aromatic heterocycles. The van der Waals surface area contributed by atoms with Crippen LogP contribution in [0, 0.1) is 0 Å². The number of para-hydroxylation sites is 1. The molecule has 0 radical (unpaired) electrons. The summed E-state index contributed by atoms with van der Waals surface area (Å²) in [6.07, 6.45) is 4.33. The van der Waals surface area contributed by atoms with Gasteiger partial charge in [-0.1, -0.05) is 60.6 Å². The highest BCUT2D eigenvalue weighted by Crippen LogP contribution is 2.36. The fourth-order valence-electron chi connectivity index (χ4n) is 3.91. The van der Waals surface area contributed by atoms with Crippen LogP contribution in [0.4, 0.5) is 5.88 Å². The summed E-state index contributed by atoms with van der Waals surface area (Å²) >= 11 is 0. The van der Waals surface area contributed by atoms with E-state index in [1.54, 1.807) is 0 Å². The lowest BCUT2D eigenvalue weighted by molar-refractivity contribution is -0.654. The molecule has 0 atom stereocenters.